The lowest BCUT2D eigenvalue weighted by Gasteiger charge is -2.31. The number of aryl methyl sites for hydroxylation is 2. The fraction of sp³-hybridized carbons (Fsp3) is 0.524. The number of rotatable bonds is 8. The van der Waals surface area contributed by atoms with Crippen molar-refractivity contribution in [1.82, 2.24) is 41.7 Å². The van der Waals surface area contributed by atoms with Crippen LogP contribution in [0.2, 0.25) is 0 Å². The molecular formula is C63H87FN8O8. The summed E-state index contributed by atoms with van der Waals surface area (Å²) in [6.45, 7) is 14.1. The molecule has 0 spiro atoms. The van der Waals surface area contributed by atoms with E-state index in [-0.39, 0.29) is 71.4 Å². The zero-order valence-corrected chi connectivity index (χ0v) is 48.4. The van der Waals surface area contributed by atoms with Crippen molar-refractivity contribution in [2.45, 2.75) is 129 Å². The van der Waals surface area contributed by atoms with Crippen LogP contribution in [0.1, 0.15) is 88.1 Å². The van der Waals surface area contributed by atoms with Crippen molar-refractivity contribution in [1.29, 1.82) is 0 Å². The number of amides is 5. The molecular weight excluding hydrogens is 1020 g/mol. The molecule has 4 aromatic carbocycles. The highest BCUT2D eigenvalue weighted by atomic mass is 19.1. The number of nitrogens with one attached hydrogen (secondary N) is 6. The Morgan fingerprint density at radius 1 is 0.713 bits per heavy atom. The van der Waals surface area contributed by atoms with Gasteiger partial charge in [-0.15, -0.1) is 0 Å². The molecule has 0 saturated heterocycles. The zero-order valence-electron chi connectivity index (χ0n) is 48.4. The normalized spacial score (nSPS) is 24.8. The second-order valence-corrected chi connectivity index (χ2v) is 22.8. The van der Waals surface area contributed by atoms with Crippen molar-refractivity contribution >= 4 is 35.3 Å². The van der Waals surface area contributed by atoms with Gasteiger partial charge in [-0.2, -0.15) is 0 Å². The van der Waals surface area contributed by atoms with E-state index in [0.717, 1.165) is 65.0 Å². The number of fused-ring (bicyclic) bond motifs is 2. The van der Waals surface area contributed by atoms with Gasteiger partial charge in [0.15, 0.2) is 5.78 Å². The van der Waals surface area contributed by atoms with Crippen molar-refractivity contribution in [3.05, 3.63) is 131 Å². The third kappa shape index (κ3) is 19.5. The van der Waals surface area contributed by atoms with Crippen molar-refractivity contribution < 1.29 is 42.6 Å². The Balaban J connectivity index is 0.000000258. The minimum absolute atomic E-state index is 0.00338. The van der Waals surface area contributed by atoms with Gasteiger partial charge in [-0.3, -0.25) is 34.1 Å². The van der Waals surface area contributed by atoms with Gasteiger partial charge in [-0.05, 0) is 144 Å². The molecule has 16 nitrogen and oxygen atoms in total. The highest BCUT2D eigenvalue weighted by Crippen LogP contribution is 2.34. The number of benzene rings is 4. The first-order chi connectivity index (χ1) is 38.3. The number of hydrogen-bond acceptors (Lipinski definition) is 11. The number of ketones is 1. The van der Waals surface area contributed by atoms with Crippen LogP contribution in [0.5, 0.6) is 11.5 Å². The van der Waals surface area contributed by atoms with E-state index < -0.39 is 36.1 Å². The molecule has 1 aliphatic carbocycles. The maximum atomic E-state index is 13.6. The molecule has 8 atom stereocenters. The Bertz CT molecular complexity index is 2680. The Morgan fingerprint density at radius 2 is 1.40 bits per heavy atom. The molecule has 1 saturated carbocycles. The predicted octanol–water partition coefficient (Wildman–Crippen LogP) is 5.76. The summed E-state index contributed by atoms with van der Waals surface area (Å²) in [6, 6.07) is 26.6. The summed E-state index contributed by atoms with van der Waals surface area (Å²) < 4.78 is 25.8. The maximum absolute atomic E-state index is 13.6. The van der Waals surface area contributed by atoms with Crippen molar-refractivity contribution in [2.24, 2.45) is 23.7 Å². The Kier molecular flexibility index (Phi) is 24.0. The second kappa shape index (κ2) is 30.8. The first-order valence-electron chi connectivity index (χ1n) is 28.6. The summed E-state index contributed by atoms with van der Waals surface area (Å²) in [7, 11) is 5.37. The highest BCUT2D eigenvalue weighted by molar-refractivity contribution is 5.94. The van der Waals surface area contributed by atoms with E-state index in [1.165, 1.54) is 17.0 Å². The van der Waals surface area contributed by atoms with Gasteiger partial charge in [0, 0.05) is 51.6 Å². The van der Waals surface area contributed by atoms with E-state index in [1.807, 2.05) is 113 Å². The van der Waals surface area contributed by atoms with Crippen LogP contribution >= 0.6 is 0 Å². The van der Waals surface area contributed by atoms with Gasteiger partial charge in [0.05, 0.1) is 18.1 Å². The number of nitrogens with zero attached hydrogens (tertiary/aromatic N) is 2. The zero-order chi connectivity index (χ0) is 57.9. The number of ether oxygens (including phenoxy) is 2. The van der Waals surface area contributed by atoms with E-state index in [2.05, 4.69) is 44.9 Å². The molecule has 2 aliphatic heterocycles. The van der Waals surface area contributed by atoms with Gasteiger partial charge in [-0.25, -0.2) is 4.39 Å². The van der Waals surface area contributed by atoms with E-state index in [9.17, 15) is 33.2 Å². The van der Waals surface area contributed by atoms with Crippen LogP contribution < -0.4 is 41.4 Å². The summed E-state index contributed by atoms with van der Waals surface area (Å²) in [6.07, 6.45) is 4.87. The van der Waals surface area contributed by atoms with Gasteiger partial charge in [-0.1, -0.05) is 99.1 Å². The molecule has 4 aromatic rings. The van der Waals surface area contributed by atoms with Gasteiger partial charge in [0.2, 0.25) is 29.5 Å². The molecule has 5 amide bonds. The molecule has 6 N–H and O–H groups in total. The van der Waals surface area contributed by atoms with Crippen molar-refractivity contribution in [2.75, 3.05) is 60.5 Å². The summed E-state index contributed by atoms with van der Waals surface area (Å²) >= 11 is 0. The van der Waals surface area contributed by atoms with Crippen molar-refractivity contribution in [3.63, 3.8) is 0 Å². The number of halogens is 1. The highest BCUT2D eigenvalue weighted by Gasteiger charge is 2.40. The average Bonchev–Trinajstić information content (AvgIpc) is 4.28. The predicted molar refractivity (Wildman–Crippen MR) is 310 cm³/mol. The van der Waals surface area contributed by atoms with Crippen LogP contribution in [0.15, 0.2) is 97.1 Å². The monoisotopic (exact) mass is 1100 g/mol. The topological polar surface area (TPSA) is 200 Å². The maximum Gasteiger partial charge on any atom is 0.243 e. The standard InChI is InChI=1S/C32H47N5O4.C31H40FN3O4/c1-21(2)29-32(40)35-27(20-37(5)6)30(38)34-19-23(4)17-25-12-7-8-13-28(25)41-15-14-33-26(31(39)36-29)18-24-11-9-10-22(3)16-24;1-20-19-39-28-9-5-4-7-23(28)8-6-16-33-30(37)25(17-22-10-14-26(32)15-11-22)18-27(36)21(2)35(3)31(38)29(34-20)24-12-13-24/h7-13,16,21,23,26-27,29,33H,14-15,17-20H2,1-6H3,(H,34,38)(H,35,40)(H,36,39);4-5,7,9-11,14-15,20-21,24-25,29,34H,6,8,12-13,16-19H2,1-3H3,(H,33,37)/t23-,26+,27-,29+;20?,21-,25+,29+/m01/s1. The molecule has 1 unspecified atom stereocenters. The van der Waals surface area contributed by atoms with Crippen LogP contribution in [0, 0.1) is 36.4 Å². The molecule has 17 heteroatoms. The number of carbonyl (C=O) groups is 6. The third-order valence-corrected chi connectivity index (χ3v) is 15.0. The number of likely N-dealkylation sites (N-methyl/N-ethyl adjacent to an activating group) is 2. The fourth-order valence-corrected chi connectivity index (χ4v) is 10.1. The second-order valence-electron chi connectivity index (χ2n) is 22.8. The van der Waals surface area contributed by atoms with E-state index in [1.54, 1.807) is 26.1 Å². The lowest BCUT2D eigenvalue weighted by Crippen LogP contribution is -2.60. The molecule has 0 aromatic heterocycles. The molecule has 1 fully saturated rings. The summed E-state index contributed by atoms with van der Waals surface area (Å²) in [5, 5.41) is 18.7. The fourth-order valence-electron chi connectivity index (χ4n) is 10.1. The Morgan fingerprint density at radius 3 is 2.08 bits per heavy atom. The molecule has 2 heterocycles. The molecule has 80 heavy (non-hydrogen) atoms. The molecule has 3 aliphatic rings. The Hall–Kier alpha value is -6.69. The first-order valence-corrected chi connectivity index (χ1v) is 28.6. The van der Waals surface area contributed by atoms with Gasteiger partial charge in [0.1, 0.15) is 42.6 Å². The van der Waals surface area contributed by atoms with Crippen LogP contribution in [0.25, 0.3) is 0 Å². The van der Waals surface area contributed by atoms with Gasteiger partial charge in [0.25, 0.3) is 0 Å². The van der Waals surface area contributed by atoms with Crippen LogP contribution in [-0.2, 0) is 54.5 Å². The number of carbonyl (C=O) groups excluding carboxylic acids is 6. The number of para-hydroxylation sites is 2. The lowest BCUT2D eigenvalue weighted by atomic mass is 9.91. The van der Waals surface area contributed by atoms with Gasteiger partial charge >= 0.3 is 0 Å². The summed E-state index contributed by atoms with van der Waals surface area (Å²) in [5.41, 5.74) is 5.03. The van der Waals surface area contributed by atoms with E-state index in [4.69, 9.17) is 9.47 Å². The van der Waals surface area contributed by atoms with Gasteiger partial charge < -0.3 is 45.9 Å². The van der Waals surface area contributed by atoms with Crippen LogP contribution in [-0.4, -0.2) is 142 Å². The average molecular weight is 1100 g/mol. The number of hydrogen-bond donors (Lipinski definition) is 6. The SMILES string of the molecule is CC1COc2ccccc2CCCNC(=O)[C@@H](Cc2ccc(F)cc2)CC(=O)[C@@H](C)N(C)C(=O)[C@H](C2CC2)N1.Cc1cccc(C[C@H]2NCCOc3ccccc3C[C@H](C)CNC(=O)[C@H](CN(C)C)NC(=O)[C@@H](C(C)C)NC2=O)c1. The van der Waals surface area contributed by atoms with Crippen LogP contribution in [0.3, 0.4) is 0 Å². The first kappa shape index (κ1) is 62.5. The third-order valence-electron chi connectivity index (χ3n) is 15.0. The quantitative estimate of drug-likeness (QED) is 0.126. The minimum atomic E-state index is -0.803. The molecule has 434 valence electrons. The molecule has 7 rings (SSSR count). The molecule has 0 bridgehead atoms. The Labute approximate surface area is 473 Å². The lowest BCUT2D eigenvalue weighted by molar-refractivity contribution is -0.140. The largest absolute Gasteiger partial charge is 0.492 e. The smallest absolute Gasteiger partial charge is 0.243 e. The van der Waals surface area contributed by atoms with Crippen molar-refractivity contribution in [3.8, 4) is 11.5 Å². The van der Waals surface area contributed by atoms with E-state index in [0.29, 0.717) is 58.7 Å². The number of Topliss-reactive ketones (excluding diaryl/α,β-unsaturated/α-hetero) is 1. The summed E-state index contributed by atoms with van der Waals surface area (Å²) in [4.78, 5) is 83.9. The summed E-state index contributed by atoms with van der Waals surface area (Å²) in [5.74, 6) is -0.589. The van der Waals surface area contributed by atoms with Crippen LogP contribution in [0.4, 0.5) is 4.39 Å². The molecule has 0 radical (unpaired) electrons. The minimum Gasteiger partial charge on any atom is -0.492 e. The van der Waals surface area contributed by atoms with E-state index >= 15 is 0 Å².